The lowest BCUT2D eigenvalue weighted by Gasteiger charge is -2.06. The molecule has 8 heteroatoms. The number of hydrogen-bond acceptors (Lipinski definition) is 4. The summed E-state index contributed by atoms with van der Waals surface area (Å²) in [6.07, 6.45) is 1.62. The van der Waals surface area contributed by atoms with Gasteiger partial charge in [0.15, 0.2) is 10.2 Å². The van der Waals surface area contributed by atoms with Crippen LogP contribution >= 0.6 is 22.9 Å². The summed E-state index contributed by atoms with van der Waals surface area (Å²) in [4.78, 5) is 4.05. The predicted octanol–water partition coefficient (Wildman–Crippen LogP) is 2.84. The lowest BCUT2D eigenvalue weighted by molar-refractivity contribution is 0.576. The van der Waals surface area contributed by atoms with Gasteiger partial charge in [-0.2, -0.15) is 11.3 Å². The van der Waals surface area contributed by atoms with Gasteiger partial charge >= 0.3 is 0 Å². The second-order valence-corrected chi connectivity index (χ2v) is 7.33. The van der Waals surface area contributed by atoms with Crippen LogP contribution in [0, 0.1) is 6.92 Å². The first kappa shape index (κ1) is 14.5. The van der Waals surface area contributed by atoms with Gasteiger partial charge in [0.1, 0.15) is 5.65 Å². The average Bonchev–Trinajstić information content (AvgIpc) is 2.99. The molecular formula is C13H12ClN3O2S2. The molecule has 0 aliphatic carbocycles. The zero-order chi connectivity index (χ0) is 15.0. The first-order valence-electron chi connectivity index (χ1n) is 6.13. The number of rotatable bonds is 4. The third-order valence-electron chi connectivity index (χ3n) is 3.12. The minimum absolute atomic E-state index is 0.0317. The number of pyridine rings is 1. The molecule has 0 aliphatic heterocycles. The van der Waals surface area contributed by atoms with Gasteiger partial charge in [0.05, 0.1) is 0 Å². The summed E-state index contributed by atoms with van der Waals surface area (Å²) in [6, 6.07) is 5.21. The van der Waals surface area contributed by atoms with E-state index < -0.39 is 10.0 Å². The summed E-state index contributed by atoms with van der Waals surface area (Å²) >= 11 is 7.54. The van der Waals surface area contributed by atoms with Gasteiger partial charge < -0.3 is 0 Å². The number of aromatic nitrogens is 2. The summed E-state index contributed by atoms with van der Waals surface area (Å²) < 4.78 is 29.0. The Hall–Kier alpha value is -1.41. The van der Waals surface area contributed by atoms with Crippen molar-refractivity contribution in [3.63, 3.8) is 0 Å². The Balaban J connectivity index is 1.97. The fraction of sp³-hybridized carbons (Fsp3) is 0.154. The van der Waals surface area contributed by atoms with Crippen molar-refractivity contribution >= 4 is 38.6 Å². The maximum atomic E-state index is 12.5. The fourth-order valence-corrected chi connectivity index (χ4v) is 4.50. The SMILES string of the molecule is Cc1cscc1CNS(=O)(=O)c1c(Cl)nc2ccccn12. The number of aryl methyl sites for hydroxylation is 1. The lowest BCUT2D eigenvalue weighted by atomic mass is 10.2. The third-order valence-corrected chi connectivity index (χ3v) is 5.82. The first-order chi connectivity index (χ1) is 9.99. The van der Waals surface area contributed by atoms with Gasteiger partial charge in [-0.05, 0) is 40.9 Å². The van der Waals surface area contributed by atoms with E-state index in [4.69, 9.17) is 11.6 Å². The molecule has 3 aromatic heterocycles. The molecule has 5 nitrogen and oxygen atoms in total. The minimum atomic E-state index is -3.74. The molecule has 3 aromatic rings. The number of imidazole rings is 1. The number of thiophene rings is 1. The number of nitrogens with zero attached hydrogens (tertiary/aromatic N) is 2. The van der Waals surface area contributed by atoms with Crippen LogP contribution in [0.15, 0.2) is 40.2 Å². The predicted molar refractivity (Wildman–Crippen MR) is 83.3 cm³/mol. The van der Waals surface area contributed by atoms with Gasteiger partial charge in [0.2, 0.25) is 0 Å². The Labute approximate surface area is 131 Å². The van der Waals surface area contributed by atoms with Crippen LogP contribution in [0.2, 0.25) is 5.15 Å². The number of halogens is 1. The molecule has 0 radical (unpaired) electrons. The second-order valence-electron chi connectivity index (χ2n) is 4.54. The molecule has 0 aliphatic rings. The summed E-state index contributed by atoms with van der Waals surface area (Å²) in [5, 5.41) is 3.84. The van der Waals surface area contributed by atoms with Crippen LogP contribution in [0.25, 0.3) is 5.65 Å². The topological polar surface area (TPSA) is 63.5 Å². The molecule has 110 valence electrons. The molecule has 0 unspecified atom stereocenters. The highest BCUT2D eigenvalue weighted by atomic mass is 35.5. The van der Waals surface area contributed by atoms with E-state index in [2.05, 4.69) is 9.71 Å². The van der Waals surface area contributed by atoms with E-state index >= 15 is 0 Å². The van der Waals surface area contributed by atoms with Gasteiger partial charge in [-0.25, -0.2) is 18.1 Å². The molecule has 0 spiro atoms. The van der Waals surface area contributed by atoms with Gasteiger partial charge in [-0.15, -0.1) is 0 Å². The van der Waals surface area contributed by atoms with E-state index in [-0.39, 0.29) is 16.7 Å². The van der Waals surface area contributed by atoms with Crippen molar-refractivity contribution in [2.45, 2.75) is 18.5 Å². The van der Waals surface area contributed by atoms with E-state index in [0.717, 1.165) is 11.1 Å². The summed E-state index contributed by atoms with van der Waals surface area (Å²) in [5.41, 5.74) is 2.51. The van der Waals surface area contributed by atoms with Crippen molar-refractivity contribution in [3.05, 3.63) is 51.4 Å². The second kappa shape index (κ2) is 5.42. The Kier molecular flexibility index (Phi) is 3.75. The number of fused-ring (bicyclic) bond motifs is 1. The molecule has 0 saturated carbocycles. The van der Waals surface area contributed by atoms with Crippen LogP contribution in [-0.2, 0) is 16.6 Å². The average molecular weight is 342 g/mol. The smallest absolute Gasteiger partial charge is 0.260 e. The fourth-order valence-electron chi connectivity index (χ4n) is 1.99. The molecular weight excluding hydrogens is 330 g/mol. The Morgan fingerprint density at radius 3 is 2.90 bits per heavy atom. The van der Waals surface area contributed by atoms with E-state index in [0.29, 0.717) is 5.65 Å². The number of sulfonamides is 1. The van der Waals surface area contributed by atoms with Crippen molar-refractivity contribution in [3.8, 4) is 0 Å². The molecule has 1 N–H and O–H groups in total. The summed E-state index contributed by atoms with van der Waals surface area (Å²) in [7, 11) is -3.74. The Bertz CT molecular complexity index is 899. The highest BCUT2D eigenvalue weighted by Gasteiger charge is 2.24. The molecule has 0 atom stereocenters. The van der Waals surface area contributed by atoms with Crippen molar-refractivity contribution in [2.24, 2.45) is 0 Å². The first-order valence-corrected chi connectivity index (χ1v) is 8.93. The van der Waals surface area contributed by atoms with E-state index in [1.807, 2.05) is 17.7 Å². The number of hydrogen-bond donors (Lipinski definition) is 1. The van der Waals surface area contributed by atoms with Crippen molar-refractivity contribution in [1.29, 1.82) is 0 Å². The summed E-state index contributed by atoms with van der Waals surface area (Å²) in [6.45, 7) is 2.18. The minimum Gasteiger partial charge on any atom is -0.288 e. The molecule has 21 heavy (non-hydrogen) atoms. The van der Waals surface area contributed by atoms with Crippen molar-refractivity contribution in [2.75, 3.05) is 0 Å². The summed E-state index contributed by atoms with van der Waals surface area (Å²) in [5.74, 6) is 0. The monoisotopic (exact) mass is 341 g/mol. The quantitative estimate of drug-likeness (QED) is 0.793. The molecule has 3 rings (SSSR count). The van der Waals surface area contributed by atoms with Gasteiger partial charge in [-0.1, -0.05) is 17.7 Å². The molecule has 3 heterocycles. The standard InChI is InChI=1S/C13H12ClN3O2S2/c1-9-7-20-8-10(9)6-15-21(18,19)13-12(14)16-11-4-2-3-5-17(11)13/h2-5,7-8,15H,6H2,1H3. The molecule has 0 bridgehead atoms. The number of nitrogens with one attached hydrogen (secondary N) is 1. The van der Waals surface area contributed by atoms with Crippen LogP contribution in [0.1, 0.15) is 11.1 Å². The zero-order valence-corrected chi connectivity index (χ0v) is 13.5. The van der Waals surface area contributed by atoms with Gasteiger partial charge in [0.25, 0.3) is 10.0 Å². The molecule has 0 amide bonds. The molecule has 0 aromatic carbocycles. The maximum absolute atomic E-state index is 12.5. The van der Waals surface area contributed by atoms with Crippen LogP contribution in [0.3, 0.4) is 0 Å². The van der Waals surface area contributed by atoms with E-state index in [9.17, 15) is 8.42 Å². The Morgan fingerprint density at radius 1 is 1.38 bits per heavy atom. The van der Waals surface area contributed by atoms with Crippen molar-refractivity contribution in [1.82, 2.24) is 14.1 Å². The highest BCUT2D eigenvalue weighted by Crippen LogP contribution is 2.23. The van der Waals surface area contributed by atoms with Crippen LogP contribution < -0.4 is 4.72 Å². The zero-order valence-electron chi connectivity index (χ0n) is 11.1. The molecule has 0 saturated heterocycles. The molecule has 0 fully saturated rings. The maximum Gasteiger partial charge on any atom is 0.260 e. The van der Waals surface area contributed by atoms with Gasteiger partial charge in [-0.3, -0.25) is 4.40 Å². The third kappa shape index (κ3) is 2.69. The van der Waals surface area contributed by atoms with E-state index in [1.165, 1.54) is 4.40 Å². The van der Waals surface area contributed by atoms with Gasteiger partial charge in [0, 0.05) is 12.7 Å². The van der Waals surface area contributed by atoms with E-state index in [1.54, 1.807) is 35.7 Å². The largest absolute Gasteiger partial charge is 0.288 e. The normalized spacial score (nSPS) is 12.1. The van der Waals surface area contributed by atoms with Crippen LogP contribution in [0.4, 0.5) is 0 Å². The highest BCUT2D eigenvalue weighted by molar-refractivity contribution is 7.89. The van der Waals surface area contributed by atoms with Crippen LogP contribution in [0.5, 0.6) is 0 Å². The Morgan fingerprint density at radius 2 is 2.19 bits per heavy atom. The van der Waals surface area contributed by atoms with Crippen molar-refractivity contribution < 1.29 is 8.42 Å². The lowest BCUT2D eigenvalue weighted by Crippen LogP contribution is -2.24. The van der Waals surface area contributed by atoms with Crippen LogP contribution in [-0.4, -0.2) is 17.8 Å².